The van der Waals surface area contributed by atoms with Crippen molar-refractivity contribution in [1.82, 2.24) is 15.2 Å². The quantitative estimate of drug-likeness (QED) is 0.520. The number of anilines is 1. The van der Waals surface area contributed by atoms with Crippen LogP contribution in [0.1, 0.15) is 82.3 Å². The number of imide groups is 1. The van der Waals surface area contributed by atoms with E-state index >= 15 is 0 Å². The summed E-state index contributed by atoms with van der Waals surface area (Å²) in [6, 6.07) is 8.27. The Hall–Kier alpha value is -3.99. The molecule has 2 saturated heterocycles. The van der Waals surface area contributed by atoms with Gasteiger partial charge in [-0.05, 0) is 77.0 Å². The van der Waals surface area contributed by atoms with E-state index in [0.717, 1.165) is 18.2 Å². The smallest absolute Gasteiger partial charge is 0.410 e. The van der Waals surface area contributed by atoms with Crippen LogP contribution in [0, 0.1) is 5.41 Å². The Labute approximate surface area is 250 Å². The fourth-order valence-electron chi connectivity index (χ4n) is 6.71. The summed E-state index contributed by atoms with van der Waals surface area (Å²) in [6.07, 6.45) is 2.45. The molecular weight excluding hydrogens is 550 g/mol. The Morgan fingerprint density at radius 3 is 2.51 bits per heavy atom. The first kappa shape index (κ1) is 29.1. The van der Waals surface area contributed by atoms with Gasteiger partial charge in [0.1, 0.15) is 11.6 Å². The van der Waals surface area contributed by atoms with E-state index in [9.17, 15) is 24.3 Å². The van der Waals surface area contributed by atoms with Crippen LogP contribution in [0.2, 0.25) is 0 Å². The minimum absolute atomic E-state index is 0.169. The summed E-state index contributed by atoms with van der Waals surface area (Å²) in [5.74, 6) is -1.10. The highest BCUT2D eigenvalue weighted by Crippen LogP contribution is 2.47. The summed E-state index contributed by atoms with van der Waals surface area (Å²) in [7, 11) is 0. The second kappa shape index (κ2) is 10.0. The summed E-state index contributed by atoms with van der Waals surface area (Å²) in [4.78, 5) is 53.8. The highest BCUT2D eigenvalue weighted by molar-refractivity contribution is 6.27. The first-order valence-corrected chi connectivity index (χ1v) is 14.9. The van der Waals surface area contributed by atoms with Gasteiger partial charge in [-0.1, -0.05) is 18.2 Å². The van der Waals surface area contributed by atoms with Crippen molar-refractivity contribution >= 4 is 46.5 Å². The van der Waals surface area contributed by atoms with Crippen molar-refractivity contribution in [2.45, 2.75) is 83.6 Å². The van der Waals surface area contributed by atoms with Crippen LogP contribution in [0.5, 0.6) is 0 Å². The number of carbonyl (C=O) groups is 4. The molecule has 3 unspecified atom stereocenters. The molecule has 4 heterocycles. The number of nitrogens with zero attached hydrogens (tertiary/aromatic N) is 4. The molecule has 43 heavy (non-hydrogen) atoms. The molecule has 0 radical (unpaired) electrons. The van der Waals surface area contributed by atoms with Gasteiger partial charge in [-0.2, -0.15) is 5.10 Å². The van der Waals surface area contributed by atoms with Gasteiger partial charge < -0.3 is 14.7 Å². The van der Waals surface area contributed by atoms with E-state index in [-0.39, 0.29) is 36.3 Å². The number of ether oxygens (including phenoxy) is 1. The third-order valence-corrected chi connectivity index (χ3v) is 9.30. The Kier molecular flexibility index (Phi) is 6.79. The van der Waals surface area contributed by atoms with Crippen molar-refractivity contribution in [3.63, 3.8) is 0 Å². The zero-order valence-corrected chi connectivity index (χ0v) is 25.3. The minimum Gasteiger partial charge on any atom is -0.444 e. The monoisotopic (exact) mass is 589 g/mol. The van der Waals surface area contributed by atoms with Crippen LogP contribution in [-0.4, -0.2) is 81.9 Å². The molecule has 2 aromatic rings. The lowest BCUT2D eigenvalue weighted by Crippen LogP contribution is -2.54. The lowest BCUT2D eigenvalue weighted by atomic mass is 9.79. The van der Waals surface area contributed by atoms with Gasteiger partial charge in [0.05, 0.1) is 22.7 Å². The first-order valence-electron chi connectivity index (χ1n) is 14.9. The molecule has 6 rings (SSSR count). The van der Waals surface area contributed by atoms with E-state index in [1.165, 1.54) is 4.90 Å². The van der Waals surface area contributed by atoms with Crippen LogP contribution in [0.4, 0.5) is 10.5 Å². The normalized spacial score (nSPS) is 25.9. The number of aliphatic hydroxyl groups excluding tert-OH is 1. The van der Waals surface area contributed by atoms with Gasteiger partial charge in [-0.25, -0.2) is 4.79 Å². The third-order valence-electron chi connectivity index (χ3n) is 9.30. The highest BCUT2D eigenvalue weighted by Gasteiger charge is 2.47. The van der Waals surface area contributed by atoms with Crippen LogP contribution in [0.3, 0.4) is 0 Å². The molecule has 11 heteroatoms. The van der Waals surface area contributed by atoms with Gasteiger partial charge in [0.15, 0.2) is 0 Å². The zero-order chi connectivity index (χ0) is 30.9. The fraction of sp³-hybridized carbons (Fsp3) is 0.531. The van der Waals surface area contributed by atoms with Crippen LogP contribution in [0.25, 0.3) is 10.8 Å². The molecule has 0 bridgehead atoms. The summed E-state index contributed by atoms with van der Waals surface area (Å²) in [6.45, 7) is 11.3. The zero-order valence-electron chi connectivity index (χ0n) is 25.3. The van der Waals surface area contributed by atoms with Crippen LogP contribution in [-0.2, 0) is 14.3 Å². The number of piperidine rings is 2. The molecule has 2 fully saturated rings. The molecule has 3 atom stereocenters. The Balaban J connectivity index is 1.22. The third kappa shape index (κ3) is 4.93. The molecule has 228 valence electrons. The average molecular weight is 590 g/mol. The molecule has 4 aliphatic rings. The topological polar surface area (TPSA) is 132 Å². The lowest BCUT2D eigenvalue weighted by Gasteiger charge is -2.45. The Morgan fingerprint density at radius 1 is 1.12 bits per heavy atom. The maximum Gasteiger partial charge on any atom is 0.410 e. The second-order valence-corrected chi connectivity index (χ2v) is 13.7. The van der Waals surface area contributed by atoms with Crippen molar-refractivity contribution in [3.8, 4) is 0 Å². The number of benzene rings is 2. The largest absolute Gasteiger partial charge is 0.444 e. The number of nitrogens with one attached hydrogen (secondary N) is 1. The molecule has 4 aliphatic heterocycles. The number of hydrogen-bond donors (Lipinski definition) is 2. The molecule has 0 spiro atoms. The van der Waals surface area contributed by atoms with Gasteiger partial charge in [-0.15, -0.1) is 0 Å². The number of aliphatic hydroxyl groups is 1. The number of amides is 4. The molecular formula is C32H39N5O6. The van der Waals surface area contributed by atoms with Gasteiger partial charge >= 0.3 is 6.09 Å². The fourth-order valence-corrected chi connectivity index (χ4v) is 6.71. The Bertz CT molecular complexity index is 1560. The van der Waals surface area contributed by atoms with E-state index in [1.54, 1.807) is 23.1 Å². The SMILES string of the molecule is CC(C)(C)OC(=O)N1CCC(C)(N2CC(C)(C(O)c3ccc4c5c(cccc35)C(=O)N4C3CCC(=O)NC3=O)C=N2)CC1. The molecule has 2 N–H and O–H groups in total. The molecule has 0 saturated carbocycles. The molecule has 4 amide bonds. The first-order chi connectivity index (χ1) is 20.2. The molecule has 0 aliphatic carbocycles. The maximum absolute atomic E-state index is 13.5. The second-order valence-electron chi connectivity index (χ2n) is 13.7. The van der Waals surface area contributed by atoms with Crippen LogP contribution < -0.4 is 10.2 Å². The van der Waals surface area contributed by atoms with Crippen molar-refractivity contribution in [2.75, 3.05) is 24.5 Å². The van der Waals surface area contributed by atoms with Gasteiger partial charge in [0.2, 0.25) is 11.8 Å². The standard InChI is InChI=1S/C32H39N5O6/c1-30(2,3)43-29(42)35-15-13-32(5,14-16-35)36-18-31(4,17-33-36)26(39)20-9-10-22-25-19(20)7-6-8-21(25)28(41)37(22)23-11-12-24(38)34-27(23)40/h6-10,17,23,26,39H,11-16,18H2,1-5H3,(H,34,38,40). The van der Waals surface area contributed by atoms with E-state index in [1.807, 2.05) is 51.1 Å². The number of hydrazone groups is 1. The molecule has 0 aromatic heterocycles. The van der Waals surface area contributed by atoms with Gasteiger partial charge in [0.25, 0.3) is 5.91 Å². The van der Waals surface area contributed by atoms with Crippen LogP contribution >= 0.6 is 0 Å². The maximum atomic E-state index is 13.5. The van der Waals surface area contributed by atoms with E-state index in [0.29, 0.717) is 41.8 Å². The molecule has 2 aromatic carbocycles. The van der Waals surface area contributed by atoms with Crippen molar-refractivity contribution in [2.24, 2.45) is 10.5 Å². The highest BCUT2D eigenvalue weighted by atomic mass is 16.6. The van der Waals surface area contributed by atoms with Crippen molar-refractivity contribution < 1.29 is 29.0 Å². The Morgan fingerprint density at radius 2 is 1.84 bits per heavy atom. The molecule has 11 nitrogen and oxygen atoms in total. The average Bonchev–Trinajstić information content (AvgIpc) is 3.49. The van der Waals surface area contributed by atoms with Crippen LogP contribution in [0.15, 0.2) is 35.4 Å². The minimum atomic E-state index is -0.921. The number of likely N-dealkylation sites (tertiary alicyclic amines) is 1. The summed E-state index contributed by atoms with van der Waals surface area (Å²) in [5.41, 5.74) is 0.216. The van der Waals surface area contributed by atoms with E-state index in [4.69, 9.17) is 9.84 Å². The number of rotatable bonds is 4. The number of hydrogen-bond acceptors (Lipinski definition) is 8. The number of carbonyl (C=O) groups excluding carboxylic acids is 4. The predicted octanol–water partition coefficient (Wildman–Crippen LogP) is 3.74. The summed E-state index contributed by atoms with van der Waals surface area (Å²) < 4.78 is 5.55. The summed E-state index contributed by atoms with van der Waals surface area (Å²) >= 11 is 0. The van der Waals surface area contributed by atoms with Gasteiger partial charge in [0, 0.05) is 43.2 Å². The van der Waals surface area contributed by atoms with Crippen molar-refractivity contribution in [3.05, 3.63) is 41.5 Å². The predicted molar refractivity (Wildman–Crippen MR) is 161 cm³/mol. The lowest BCUT2D eigenvalue weighted by molar-refractivity contribution is -0.134. The summed E-state index contributed by atoms with van der Waals surface area (Å²) in [5, 5.41) is 22.5. The van der Waals surface area contributed by atoms with Gasteiger partial charge in [-0.3, -0.25) is 29.6 Å². The van der Waals surface area contributed by atoms with E-state index in [2.05, 4.69) is 12.2 Å². The van der Waals surface area contributed by atoms with Crippen molar-refractivity contribution in [1.29, 1.82) is 0 Å². The van der Waals surface area contributed by atoms with E-state index < -0.39 is 29.1 Å².